The van der Waals surface area contributed by atoms with Crippen molar-refractivity contribution in [3.8, 4) is 0 Å². The topological polar surface area (TPSA) is 26.3 Å². The molecule has 0 radical (unpaired) electrons. The first-order valence-electron chi connectivity index (χ1n) is 4.75. The fraction of sp³-hybridized carbons (Fsp3) is 0.900. The van der Waals surface area contributed by atoms with E-state index in [1.54, 1.807) is 14.0 Å². The molecule has 0 aromatic carbocycles. The normalized spacial score (nSPS) is 45.2. The van der Waals surface area contributed by atoms with Crippen molar-refractivity contribution in [3.63, 3.8) is 0 Å². The Balaban J connectivity index is 2.03. The fourth-order valence-corrected chi connectivity index (χ4v) is 3.01. The lowest BCUT2D eigenvalue weighted by Crippen LogP contribution is -2.26. The zero-order valence-electron chi connectivity index (χ0n) is 7.75. The Morgan fingerprint density at radius 3 is 2.42 bits per heavy atom. The maximum absolute atomic E-state index is 11.2. The molecular weight excluding hydrogens is 152 g/mol. The van der Waals surface area contributed by atoms with Crippen LogP contribution in [0.1, 0.15) is 26.2 Å². The highest BCUT2D eigenvalue weighted by molar-refractivity contribution is 5.79. The third-order valence-electron chi connectivity index (χ3n) is 3.62. The lowest BCUT2D eigenvalue weighted by Gasteiger charge is -2.25. The van der Waals surface area contributed by atoms with E-state index in [-0.39, 0.29) is 0 Å². The molecule has 0 aliphatic heterocycles. The van der Waals surface area contributed by atoms with Crippen LogP contribution in [0, 0.1) is 17.8 Å². The number of ketones is 1. The van der Waals surface area contributed by atoms with Crippen molar-refractivity contribution < 1.29 is 9.53 Å². The highest BCUT2D eigenvalue weighted by Crippen LogP contribution is 2.49. The molecule has 0 aromatic rings. The van der Waals surface area contributed by atoms with Crippen LogP contribution in [-0.2, 0) is 9.53 Å². The molecule has 68 valence electrons. The molecular formula is C10H16O2. The Kier molecular flexibility index (Phi) is 1.95. The predicted octanol–water partition coefficient (Wildman–Crippen LogP) is 1.64. The molecule has 2 fully saturated rings. The second-order valence-corrected chi connectivity index (χ2v) is 4.22. The molecule has 4 unspecified atom stereocenters. The Hall–Kier alpha value is -0.370. The molecule has 4 atom stereocenters. The molecule has 0 aromatic heterocycles. The minimum Gasteiger partial charge on any atom is -0.381 e. The van der Waals surface area contributed by atoms with Crippen LogP contribution in [0.3, 0.4) is 0 Å². The summed E-state index contributed by atoms with van der Waals surface area (Å²) in [5, 5.41) is 0. The Bertz CT molecular complexity index is 200. The second kappa shape index (κ2) is 2.84. The maximum Gasteiger partial charge on any atom is 0.133 e. The highest BCUT2D eigenvalue weighted by atomic mass is 16.5. The molecule has 2 nitrogen and oxygen atoms in total. The van der Waals surface area contributed by atoms with Crippen LogP contribution >= 0.6 is 0 Å². The molecule has 0 saturated heterocycles. The van der Waals surface area contributed by atoms with E-state index in [9.17, 15) is 4.79 Å². The molecule has 2 bridgehead atoms. The molecule has 2 heteroatoms. The van der Waals surface area contributed by atoms with Gasteiger partial charge in [-0.3, -0.25) is 4.79 Å². The lowest BCUT2D eigenvalue weighted by atomic mass is 9.85. The molecule has 0 heterocycles. The maximum atomic E-state index is 11.2. The van der Waals surface area contributed by atoms with Gasteiger partial charge in [-0.15, -0.1) is 0 Å². The first kappa shape index (κ1) is 8.24. The number of methoxy groups -OCH3 is 1. The van der Waals surface area contributed by atoms with Crippen LogP contribution < -0.4 is 0 Å². The van der Waals surface area contributed by atoms with Crippen LogP contribution in [0.25, 0.3) is 0 Å². The van der Waals surface area contributed by atoms with Crippen molar-refractivity contribution in [2.45, 2.75) is 32.3 Å². The molecule has 2 aliphatic carbocycles. The van der Waals surface area contributed by atoms with E-state index in [4.69, 9.17) is 4.74 Å². The summed E-state index contributed by atoms with van der Waals surface area (Å²) in [4.78, 5) is 11.2. The molecule has 0 amide bonds. The number of carbonyl (C=O) groups excluding carboxylic acids is 1. The van der Waals surface area contributed by atoms with E-state index in [1.807, 2.05) is 0 Å². The smallest absolute Gasteiger partial charge is 0.133 e. The van der Waals surface area contributed by atoms with Gasteiger partial charge in [-0.2, -0.15) is 0 Å². The van der Waals surface area contributed by atoms with E-state index in [0.717, 1.165) is 12.8 Å². The van der Waals surface area contributed by atoms with Crippen molar-refractivity contribution in [1.82, 2.24) is 0 Å². The van der Waals surface area contributed by atoms with Crippen LogP contribution in [0.5, 0.6) is 0 Å². The molecule has 2 saturated carbocycles. The molecule has 12 heavy (non-hydrogen) atoms. The van der Waals surface area contributed by atoms with Gasteiger partial charge in [-0.25, -0.2) is 0 Å². The summed E-state index contributed by atoms with van der Waals surface area (Å²) in [6, 6.07) is 0. The number of hydrogen-bond acceptors (Lipinski definition) is 2. The van der Waals surface area contributed by atoms with E-state index in [2.05, 4.69) is 0 Å². The van der Waals surface area contributed by atoms with Crippen molar-refractivity contribution in [2.24, 2.45) is 17.8 Å². The van der Waals surface area contributed by atoms with E-state index in [0.29, 0.717) is 29.6 Å². The molecule has 2 aliphatic rings. The van der Waals surface area contributed by atoms with Crippen LogP contribution in [0.15, 0.2) is 0 Å². The van der Waals surface area contributed by atoms with Gasteiger partial charge in [0, 0.05) is 13.0 Å². The minimum atomic E-state index is 0.362. The van der Waals surface area contributed by atoms with Gasteiger partial charge < -0.3 is 4.74 Å². The largest absolute Gasteiger partial charge is 0.381 e. The van der Waals surface area contributed by atoms with Gasteiger partial charge in [0.15, 0.2) is 0 Å². The van der Waals surface area contributed by atoms with E-state index < -0.39 is 0 Å². The van der Waals surface area contributed by atoms with Gasteiger partial charge in [-0.1, -0.05) is 0 Å². The van der Waals surface area contributed by atoms with Gasteiger partial charge in [-0.05, 0) is 38.0 Å². The standard InChI is InChI=1S/C10H16O2/c1-6(11)9-4-8-3-7(9)5-10(8)12-2/h7-10H,3-5H2,1-2H3. The monoisotopic (exact) mass is 168 g/mol. The van der Waals surface area contributed by atoms with Crippen LogP contribution in [-0.4, -0.2) is 19.0 Å². The second-order valence-electron chi connectivity index (χ2n) is 4.22. The van der Waals surface area contributed by atoms with Crippen LogP contribution in [0.2, 0.25) is 0 Å². The lowest BCUT2D eigenvalue weighted by molar-refractivity contribution is -0.122. The highest BCUT2D eigenvalue weighted by Gasteiger charge is 2.47. The number of carbonyl (C=O) groups is 1. The summed E-state index contributed by atoms with van der Waals surface area (Å²) in [6.45, 7) is 1.73. The third kappa shape index (κ3) is 1.09. The SMILES string of the molecule is COC1CC2CC1CC2C(C)=O. The minimum absolute atomic E-state index is 0.362. The predicted molar refractivity (Wildman–Crippen MR) is 45.8 cm³/mol. The third-order valence-corrected chi connectivity index (χ3v) is 3.62. The number of hydrogen-bond donors (Lipinski definition) is 0. The number of fused-ring (bicyclic) bond motifs is 2. The molecule has 0 spiro atoms. The van der Waals surface area contributed by atoms with Crippen molar-refractivity contribution in [2.75, 3.05) is 7.11 Å². The van der Waals surface area contributed by atoms with Crippen molar-refractivity contribution >= 4 is 5.78 Å². The van der Waals surface area contributed by atoms with Crippen LogP contribution in [0.4, 0.5) is 0 Å². The average molecular weight is 168 g/mol. The first-order chi connectivity index (χ1) is 5.72. The summed E-state index contributed by atoms with van der Waals surface area (Å²) in [6.07, 6.45) is 3.87. The van der Waals surface area contributed by atoms with Gasteiger partial charge in [0.25, 0.3) is 0 Å². The first-order valence-corrected chi connectivity index (χ1v) is 4.75. The molecule has 2 rings (SSSR count). The number of rotatable bonds is 2. The van der Waals surface area contributed by atoms with Crippen molar-refractivity contribution in [3.05, 3.63) is 0 Å². The van der Waals surface area contributed by atoms with Crippen molar-refractivity contribution in [1.29, 1.82) is 0 Å². The molecule has 0 N–H and O–H groups in total. The summed E-state index contributed by atoms with van der Waals surface area (Å²) in [5.41, 5.74) is 0. The fourth-order valence-electron chi connectivity index (χ4n) is 3.01. The Morgan fingerprint density at radius 2 is 2.00 bits per heavy atom. The summed E-state index contributed by atoms with van der Waals surface area (Å²) >= 11 is 0. The van der Waals surface area contributed by atoms with Gasteiger partial charge >= 0.3 is 0 Å². The van der Waals surface area contributed by atoms with E-state index >= 15 is 0 Å². The average Bonchev–Trinajstić information content (AvgIpc) is 2.60. The summed E-state index contributed by atoms with van der Waals surface area (Å²) in [5.74, 6) is 2.06. The van der Waals surface area contributed by atoms with Gasteiger partial charge in [0.2, 0.25) is 0 Å². The number of Topliss-reactive ketones (excluding diaryl/α,β-unsaturated/α-hetero) is 1. The summed E-state index contributed by atoms with van der Waals surface area (Å²) < 4.78 is 5.36. The van der Waals surface area contributed by atoms with Gasteiger partial charge in [0.05, 0.1) is 6.10 Å². The number of ether oxygens (including phenoxy) is 1. The Morgan fingerprint density at radius 1 is 1.25 bits per heavy atom. The van der Waals surface area contributed by atoms with Gasteiger partial charge in [0.1, 0.15) is 5.78 Å². The zero-order chi connectivity index (χ0) is 8.72. The zero-order valence-corrected chi connectivity index (χ0v) is 7.75. The van der Waals surface area contributed by atoms with E-state index in [1.165, 1.54) is 6.42 Å². The quantitative estimate of drug-likeness (QED) is 0.626. The Labute approximate surface area is 73.3 Å². The summed E-state index contributed by atoms with van der Waals surface area (Å²) in [7, 11) is 1.79.